The maximum Gasteiger partial charge on any atom is 0.416 e. The first-order valence-electron chi connectivity index (χ1n) is 5.74. The summed E-state index contributed by atoms with van der Waals surface area (Å²) in [6.07, 6.45) is -4.48. The number of nitrogens with one attached hydrogen (secondary N) is 1. The number of halogens is 4. The minimum Gasteiger partial charge on any atom is -0.398 e. The van der Waals surface area contributed by atoms with Gasteiger partial charge in [0, 0.05) is 16.4 Å². The predicted molar refractivity (Wildman–Crippen MR) is 75.3 cm³/mol. The highest BCUT2D eigenvalue weighted by molar-refractivity contribution is 6.31. The Morgan fingerprint density at radius 1 is 1.10 bits per heavy atom. The zero-order valence-corrected chi connectivity index (χ0v) is 11.3. The first-order valence-corrected chi connectivity index (χ1v) is 6.12. The molecule has 3 N–H and O–H groups in total. The molecular weight excluding hydrogens is 303 g/mol. The fourth-order valence-electron chi connectivity index (χ4n) is 1.73. The molecule has 0 heterocycles. The number of nitrogens with zero attached hydrogens (tertiary/aromatic N) is 1. The highest BCUT2D eigenvalue weighted by Crippen LogP contribution is 2.34. The van der Waals surface area contributed by atoms with Gasteiger partial charge in [-0.15, -0.1) is 0 Å². The van der Waals surface area contributed by atoms with Gasteiger partial charge in [-0.25, -0.2) is 0 Å². The lowest BCUT2D eigenvalue weighted by molar-refractivity contribution is -0.137. The standard InChI is InChI=1S/C14H9ClF3N3/c15-10-3-9(14(16,17)18)4-12(5-10)21-11-2-1-8(7-19)13(20)6-11/h1-6,21H,20H2. The summed E-state index contributed by atoms with van der Waals surface area (Å²) in [5, 5.41) is 11.5. The van der Waals surface area contributed by atoms with Gasteiger partial charge >= 0.3 is 6.18 Å². The quantitative estimate of drug-likeness (QED) is 0.799. The zero-order valence-electron chi connectivity index (χ0n) is 10.5. The maximum atomic E-state index is 12.7. The molecule has 0 amide bonds. The number of nitrogens with two attached hydrogens (primary N) is 1. The van der Waals surface area contributed by atoms with E-state index in [2.05, 4.69) is 5.32 Å². The van der Waals surface area contributed by atoms with Crippen molar-refractivity contribution in [2.24, 2.45) is 0 Å². The second kappa shape index (κ2) is 5.54. The SMILES string of the molecule is N#Cc1ccc(Nc2cc(Cl)cc(C(F)(F)F)c2)cc1N. The third-order valence-electron chi connectivity index (χ3n) is 2.69. The summed E-state index contributed by atoms with van der Waals surface area (Å²) in [6, 6.07) is 9.55. The van der Waals surface area contributed by atoms with Crippen LogP contribution in [0, 0.1) is 11.3 Å². The first-order chi connectivity index (χ1) is 9.79. The van der Waals surface area contributed by atoms with Crippen LogP contribution in [0.15, 0.2) is 36.4 Å². The minimum atomic E-state index is -4.48. The van der Waals surface area contributed by atoms with E-state index in [1.807, 2.05) is 6.07 Å². The van der Waals surface area contributed by atoms with Gasteiger partial charge in [0.05, 0.1) is 16.8 Å². The summed E-state index contributed by atoms with van der Waals surface area (Å²) in [5.74, 6) is 0. The van der Waals surface area contributed by atoms with Crippen LogP contribution >= 0.6 is 11.6 Å². The number of alkyl halides is 3. The second-order valence-corrected chi connectivity index (χ2v) is 4.70. The van der Waals surface area contributed by atoms with E-state index in [-0.39, 0.29) is 16.4 Å². The molecule has 0 saturated heterocycles. The molecule has 0 aliphatic heterocycles. The second-order valence-electron chi connectivity index (χ2n) is 4.27. The van der Waals surface area contributed by atoms with E-state index in [0.29, 0.717) is 11.3 Å². The molecule has 7 heteroatoms. The van der Waals surface area contributed by atoms with Gasteiger partial charge in [0.1, 0.15) is 6.07 Å². The molecule has 0 radical (unpaired) electrons. The fourth-order valence-corrected chi connectivity index (χ4v) is 1.97. The number of nitriles is 1. The Bertz CT molecular complexity index is 720. The average molecular weight is 312 g/mol. The minimum absolute atomic E-state index is 0.0334. The number of nitrogen functional groups attached to an aromatic ring is 1. The van der Waals surface area contributed by atoms with Gasteiger partial charge in [-0.1, -0.05) is 11.6 Å². The number of hydrogen-bond donors (Lipinski definition) is 2. The number of rotatable bonds is 2. The average Bonchev–Trinajstić information content (AvgIpc) is 2.37. The molecule has 2 aromatic carbocycles. The zero-order chi connectivity index (χ0) is 15.6. The monoisotopic (exact) mass is 311 g/mol. The molecule has 0 unspecified atom stereocenters. The summed E-state index contributed by atoms with van der Waals surface area (Å²) >= 11 is 5.69. The topological polar surface area (TPSA) is 61.8 Å². The molecule has 0 atom stereocenters. The van der Waals surface area contributed by atoms with Crippen LogP contribution in [-0.4, -0.2) is 0 Å². The summed E-state index contributed by atoms with van der Waals surface area (Å²) in [6.45, 7) is 0. The summed E-state index contributed by atoms with van der Waals surface area (Å²) in [7, 11) is 0. The van der Waals surface area contributed by atoms with Gasteiger partial charge in [0.15, 0.2) is 0 Å². The van der Waals surface area contributed by atoms with Crippen molar-refractivity contribution >= 4 is 28.7 Å². The molecule has 2 rings (SSSR count). The summed E-state index contributed by atoms with van der Waals surface area (Å²) in [5.41, 5.74) is 5.97. The van der Waals surface area contributed by atoms with Crippen molar-refractivity contribution in [3.05, 3.63) is 52.5 Å². The molecule has 0 aliphatic carbocycles. The van der Waals surface area contributed by atoms with E-state index >= 15 is 0 Å². The Labute approximate surface area is 123 Å². The molecule has 0 fully saturated rings. The number of hydrogen-bond acceptors (Lipinski definition) is 3. The van der Waals surface area contributed by atoms with Gasteiger partial charge < -0.3 is 11.1 Å². The highest BCUT2D eigenvalue weighted by atomic mass is 35.5. The van der Waals surface area contributed by atoms with Crippen molar-refractivity contribution in [1.29, 1.82) is 5.26 Å². The normalized spacial score (nSPS) is 11.0. The lowest BCUT2D eigenvalue weighted by atomic mass is 10.1. The smallest absolute Gasteiger partial charge is 0.398 e. The molecule has 0 saturated carbocycles. The molecular formula is C14H9ClF3N3. The number of benzene rings is 2. The van der Waals surface area contributed by atoms with Crippen LogP contribution < -0.4 is 11.1 Å². The van der Waals surface area contributed by atoms with Gasteiger partial charge in [0.25, 0.3) is 0 Å². The van der Waals surface area contributed by atoms with Crippen molar-refractivity contribution in [3.8, 4) is 6.07 Å². The van der Waals surface area contributed by atoms with Crippen molar-refractivity contribution in [1.82, 2.24) is 0 Å². The van der Waals surface area contributed by atoms with E-state index in [1.165, 1.54) is 18.2 Å². The molecule has 21 heavy (non-hydrogen) atoms. The van der Waals surface area contributed by atoms with Crippen LogP contribution in [0.3, 0.4) is 0 Å². The molecule has 0 aromatic heterocycles. The largest absolute Gasteiger partial charge is 0.416 e. The van der Waals surface area contributed by atoms with Crippen LogP contribution in [0.5, 0.6) is 0 Å². The molecule has 0 aliphatic rings. The van der Waals surface area contributed by atoms with E-state index in [9.17, 15) is 13.2 Å². The summed E-state index contributed by atoms with van der Waals surface area (Å²) in [4.78, 5) is 0. The Morgan fingerprint density at radius 2 is 1.81 bits per heavy atom. The van der Waals surface area contributed by atoms with Crippen molar-refractivity contribution in [3.63, 3.8) is 0 Å². The van der Waals surface area contributed by atoms with Crippen LogP contribution in [0.4, 0.5) is 30.2 Å². The lowest BCUT2D eigenvalue weighted by Gasteiger charge is -2.12. The van der Waals surface area contributed by atoms with E-state index in [0.717, 1.165) is 12.1 Å². The third-order valence-corrected chi connectivity index (χ3v) is 2.90. The van der Waals surface area contributed by atoms with Gasteiger partial charge in [-0.05, 0) is 36.4 Å². The molecule has 0 bridgehead atoms. The van der Waals surface area contributed by atoms with Crippen molar-refractivity contribution < 1.29 is 13.2 Å². The van der Waals surface area contributed by atoms with E-state index in [1.54, 1.807) is 6.07 Å². The lowest BCUT2D eigenvalue weighted by Crippen LogP contribution is -2.05. The molecule has 0 spiro atoms. The van der Waals surface area contributed by atoms with Crippen LogP contribution in [-0.2, 0) is 6.18 Å². The molecule has 108 valence electrons. The fraction of sp³-hybridized carbons (Fsp3) is 0.0714. The molecule has 2 aromatic rings. The van der Waals surface area contributed by atoms with E-state index < -0.39 is 11.7 Å². The Kier molecular flexibility index (Phi) is 3.96. The van der Waals surface area contributed by atoms with Gasteiger partial charge in [0.2, 0.25) is 0 Å². The number of anilines is 3. The van der Waals surface area contributed by atoms with Gasteiger partial charge in [-0.3, -0.25) is 0 Å². The van der Waals surface area contributed by atoms with Crippen LogP contribution in [0.2, 0.25) is 5.02 Å². The van der Waals surface area contributed by atoms with E-state index in [4.69, 9.17) is 22.6 Å². The third kappa shape index (κ3) is 3.58. The van der Waals surface area contributed by atoms with Crippen LogP contribution in [0.1, 0.15) is 11.1 Å². The highest BCUT2D eigenvalue weighted by Gasteiger charge is 2.31. The predicted octanol–water partition coefficient (Wildman–Crippen LogP) is 4.56. The Hall–Kier alpha value is -2.39. The maximum absolute atomic E-state index is 12.7. The molecule has 3 nitrogen and oxygen atoms in total. The Balaban J connectivity index is 2.34. The van der Waals surface area contributed by atoms with Crippen LogP contribution in [0.25, 0.3) is 0 Å². The first kappa shape index (κ1) is 15.0. The van der Waals surface area contributed by atoms with Crippen molar-refractivity contribution in [2.45, 2.75) is 6.18 Å². The summed E-state index contributed by atoms with van der Waals surface area (Å²) < 4.78 is 38.1. The van der Waals surface area contributed by atoms with Gasteiger partial charge in [-0.2, -0.15) is 18.4 Å². The Morgan fingerprint density at radius 3 is 2.38 bits per heavy atom. The van der Waals surface area contributed by atoms with Crippen molar-refractivity contribution in [2.75, 3.05) is 11.1 Å².